The molecule has 156 valence electrons. The molecule has 1 heterocycles. The molecule has 0 unspecified atom stereocenters. The van der Waals surface area contributed by atoms with Crippen LogP contribution in [0.5, 0.6) is 0 Å². The Labute approximate surface area is 192 Å². The second-order valence-corrected chi connectivity index (χ2v) is 8.78. The number of anilines is 1. The summed E-state index contributed by atoms with van der Waals surface area (Å²) in [5.41, 5.74) is 1.75. The second-order valence-electron chi connectivity index (χ2n) is 6.50. The average molecular weight is 469 g/mol. The van der Waals surface area contributed by atoms with Crippen LogP contribution in [0.3, 0.4) is 0 Å². The summed E-state index contributed by atoms with van der Waals surface area (Å²) in [6.45, 7) is -0.365. The minimum absolute atomic E-state index is 0.0764. The largest absolute Gasteiger partial charge is 0.455 e. The zero-order valence-electron chi connectivity index (χ0n) is 16.2. The molecule has 8 heteroatoms. The fraction of sp³-hybridized carbons (Fsp3) is 0.0870. The Morgan fingerprint density at radius 1 is 1.03 bits per heavy atom. The number of benzene rings is 3. The fourth-order valence-electron chi connectivity index (χ4n) is 2.93. The van der Waals surface area contributed by atoms with E-state index in [2.05, 4.69) is 10.3 Å². The molecule has 1 N–H and O–H groups in total. The Morgan fingerprint density at radius 2 is 1.81 bits per heavy atom. The number of carbonyl (C=O) groups excluding carboxylic acids is 2. The summed E-state index contributed by atoms with van der Waals surface area (Å²) in [6.07, 6.45) is 0. The maximum Gasteiger partial charge on any atom is 0.316 e. The molecule has 1 aromatic heterocycles. The number of nitrogens with zero attached hydrogens (tertiary/aromatic N) is 1. The number of rotatable bonds is 7. The van der Waals surface area contributed by atoms with E-state index in [1.54, 1.807) is 0 Å². The Morgan fingerprint density at radius 3 is 2.61 bits per heavy atom. The van der Waals surface area contributed by atoms with Gasteiger partial charge in [-0.1, -0.05) is 66.2 Å². The van der Waals surface area contributed by atoms with Crippen molar-refractivity contribution < 1.29 is 14.3 Å². The van der Waals surface area contributed by atoms with E-state index >= 15 is 0 Å². The number of fused-ring (bicyclic) bond motifs is 1. The molecular formula is C23H17ClN2O3S2. The molecule has 0 aliphatic rings. The third-order valence-corrected chi connectivity index (χ3v) is 6.45. The molecule has 4 aromatic rings. The number of nitrogens with one attached hydrogen (secondary N) is 1. The van der Waals surface area contributed by atoms with Gasteiger partial charge >= 0.3 is 5.97 Å². The van der Waals surface area contributed by atoms with E-state index in [1.165, 1.54) is 23.1 Å². The van der Waals surface area contributed by atoms with Crippen molar-refractivity contribution in [3.05, 3.63) is 77.1 Å². The van der Waals surface area contributed by atoms with Crippen molar-refractivity contribution in [2.45, 2.75) is 4.90 Å². The number of hydrogen-bond donors (Lipinski definition) is 1. The van der Waals surface area contributed by atoms with Crippen molar-refractivity contribution in [1.82, 2.24) is 4.98 Å². The van der Waals surface area contributed by atoms with Crippen molar-refractivity contribution in [3.63, 3.8) is 0 Å². The summed E-state index contributed by atoms with van der Waals surface area (Å²) in [7, 11) is 0. The lowest BCUT2D eigenvalue weighted by Gasteiger charge is -2.08. The number of ether oxygens (including phenoxy) is 1. The van der Waals surface area contributed by atoms with E-state index in [1.807, 2.05) is 72.1 Å². The number of thioether (sulfide) groups is 1. The van der Waals surface area contributed by atoms with Crippen LogP contribution in [-0.2, 0) is 14.3 Å². The van der Waals surface area contributed by atoms with Gasteiger partial charge in [-0.25, -0.2) is 4.98 Å². The number of carbonyl (C=O) groups is 2. The summed E-state index contributed by atoms with van der Waals surface area (Å²) in [5, 5.41) is 7.52. The number of amides is 1. The Hall–Kier alpha value is -2.87. The lowest BCUT2D eigenvalue weighted by Crippen LogP contribution is -2.21. The molecule has 0 aliphatic heterocycles. The number of hydrogen-bond acceptors (Lipinski definition) is 6. The predicted octanol–water partition coefficient (Wildman–Crippen LogP) is 5.89. The van der Waals surface area contributed by atoms with Crippen LogP contribution in [0.4, 0.5) is 5.13 Å². The van der Waals surface area contributed by atoms with Crippen LogP contribution in [0.1, 0.15) is 0 Å². The summed E-state index contributed by atoms with van der Waals surface area (Å²) in [4.78, 5) is 29.5. The molecule has 0 spiro atoms. The molecule has 4 rings (SSSR count). The number of esters is 1. The minimum atomic E-state index is -0.478. The van der Waals surface area contributed by atoms with Gasteiger partial charge in [-0.3, -0.25) is 14.9 Å². The van der Waals surface area contributed by atoms with Gasteiger partial charge in [0, 0.05) is 26.2 Å². The Balaban J connectivity index is 1.28. The summed E-state index contributed by atoms with van der Waals surface area (Å²) in [5.74, 6) is -0.832. The van der Waals surface area contributed by atoms with E-state index in [9.17, 15) is 9.59 Å². The molecule has 0 saturated carbocycles. The molecule has 0 atom stereocenters. The van der Waals surface area contributed by atoms with Crippen molar-refractivity contribution in [3.8, 4) is 11.3 Å². The van der Waals surface area contributed by atoms with E-state index in [4.69, 9.17) is 16.3 Å². The second kappa shape index (κ2) is 9.96. The lowest BCUT2D eigenvalue weighted by atomic mass is 10.1. The first kappa shape index (κ1) is 21.4. The Kier molecular flexibility index (Phi) is 6.86. The normalized spacial score (nSPS) is 10.7. The quantitative estimate of drug-likeness (QED) is 0.270. The van der Waals surface area contributed by atoms with E-state index < -0.39 is 11.9 Å². The third-order valence-electron chi connectivity index (χ3n) is 4.35. The molecular weight excluding hydrogens is 452 g/mol. The van der Waals surface area contributed by atoms with Gasteiger partial charge in [-0.2, -0.15) is 0 Å². The summed E-state index contributed by atoms with van der Waals surface area (Å²) in [6, 6.07) is 21.1. The number of halogens is 1. The molecule has 3 aromatic carbocycles. The molecule has 1 amide bonds. The molecule has 0 radical (unpaired) electrons. The number of aromatic nitrogens is 1. The molecule has 0 saturated heterocycles. The first-order chi connectivity index (χ1) is 15.1. The van der Waals surface area contributed by atoms with Gasteiger partial charge in [0.15, 0.2) is 11.7 Å². The van der Waals surface area contributed by atoms with Crippen LogP contribution in [0, 0.1) is 0 Å². The maximum absolute atomic E-state index is 12.1. The summed E-state index contributed by atoms with van der Waals surface area (Å²) < 4.78 is 5.10. The molecule has 0 aliphatic carbocycles. The van der Waals surface area contributed by atoms with E-state index in [0.29, 0.717) is 10.2 Å². The van der Waals surface area contributed by atoms with Crippen LogP contribution >= 0.6 is 34.7 Å². The zero-order chi connectivity index (χ0) is 21.6. The molecule has 0 bridgehead atoms. The van der Waals surface area contributed by atoms with Crippen molar-refractivity contribution >= 4 is 62.5 Å². The van der Waals surface area contributed by atoms with E-state index in [0.717, 1.165) is 26.9 Å². The van der Waals surface area contributed by atoms with Crippen molar-refractivity contribution in [1.29, 1.82) is 0 Å². The highest BCUT2D eigenvalue weighted by Crippen LogP contribution is 2.33. The molecule has 0 fully saturated rings. The Bertz CT molecular complexity index is 1220. The zero-order valence-corrected chi connectivity index (χ0v) is 18.6. The third kappa shape index (κ3) is 5.44. The van der Waals surface area contributed by atoms with Gasteiger partial charge in [0.25, 0.3) is 5.91 Å². The van der Waals surface area contributed by atoms with Gasteiger partial charge in [0.1, 0.15) is 0 Å². The standard InChI is InChI=1S/C23H17ClN2O3S2/c24-17-10-4-8-16-9-5-11-19(22(16)17)30-14-21(28)29-12-20(27)26-23-25-18(13-31-23)15-6-2-1-3-7-15/h1-11,13H,12,14H2,(H,25,26,27). The number of thiazole rings is 1. The predicted molar refractivity (Wildman–Crippen MR) is 127 cm³/mol. The van der Waals surface area contributed by atoms with Crippen LogP contribution in [0.2, 0.25) is 5.02 Å². The highest BCUT2D eigenvalue weighted by molar-refractivity contribution is 8.00. The average Bonchev–Trinajstić information content (AvgIpc) is 3.25. The van der Waals surface area contributed by atoms with Crippen LogP contribution < -0.4 is 5.32 Å². The van der Waals surface area contributed by atoms with Gasteiger partial charge in [-0.05, 0) is 17.5 Å². The fourth-order valence-corrected chi connectivity index (χ4v) is 4.91. The highest BCUT2D eigenvalue weighted by Gasteiger charge is 2.13. The van der Waals surface area contributed by atoms with Gasteiger partial charge in [-0.15, -0.1) is 23.1 Å². The monoisotopic (exact) mass is 468 g/mol. The maximum atomic E-state index is 12.1. The topological polar surface area (TPSA) is 68.3 Å². The summed E-state index contributed by atoms with van der Waals surface area (Å²) >= 11 is 8.96. The minimum Gasteiger partial charge on any atom is -0.455 e. The highest BCUT2D eigenvalue weighted by atomic mass is 35.5. The smallest absolute Gasteiger partial charge is 0.316 e. The lowest BCUT2D eigenvalue weighted by molar-refractivity contribution is -0.144. The van der Waals surface area contributed by atoms with Gasteiger partial charge in [0.05, 0.1) is 11.4 Å². The van der Waals surface area contributed by atoms with E-state index in [-0.39, 0.29) is 12.4 Å². The molecule has 5 nitrogen and oxygen atoms in total. The van der Waals surface area contributed by atoms with Crippen molar-refractivity contribution in [2.24, 2.45) is 0 Å². The molecule has 31 heavy (non-hydrogen) atoms. The first-order valence-electron chi connectivity index (χ1n) is 9.36. The SMILES string of the molecule is O=C(COC(=O)CSc1cccc2cccc(Cl)c12)Nc1nc(-c2ccccc2)cs1. The van der Waals surface area contributed by atoms with Crippen LogP contribution in [0.15, 0.2) is 77.0 Å². The van der Waals surface area contributed by atoms with Gasteiger partial charge < -0.3 is 4.74 Å². The van der Waals surface area contributed by atoms with Gasteiger partial charge in [0.2, 0.25) is 0 Å². The van der Waals surface area contributed by atoms with Crippen LogP contribution in [-0.4, -0.2) is 29.2 Å². The first-order valence-corrected chi connectivity index (χ1v) is 11.6. The van der Waals surface area contributed by atoms with Crippen molar-refractivity contribution in [2.75, 3.05) is 17.7 Å². The van der Waals surface area contributed by atoms with Crippen LogP contribution in [0.25, 0.3) is 22.0 Å².